The summed E-state index contributed by atoms with van der Waals surface area (Å²) >= 11 is 0. The highest BCUT2D eigenvalue weighted by atomic mass is 32.2. The maximum atomic E-state index is 13.4. The normalized spacial score (nSPS) is 18.1. The summed E-state index contributed by atoms with van der Waals surface area (Å²) in [5, 5.41) is 3.18. The number of piperidine rings is 1. The zero-order valence-corrected chi connectivity index (χ0v) is 24.7. The Hall–Kier alpha value is -2.59. The summed E-state index contributed by atoms with van der Waals surface area (Å²) in [5.41, 5.74) is 2.20. The van der Waals surface area contributed by atoms with Gasteiger partial charge in [-0.15, -0.1) is 0 Å². The maximum Gasteiger partial charge on any atom is 0.417 e. The van der Waals surface area contributed by atoms with Crippen LogP contribution >= 0.6 is 0 Å². The molecule has 0 bridgehead atoms. The molecule has 0 saturated carbocycles. The first-order valence-electron chi connectivity index (χ1n) is 14.0. The highest BCUT2D eigenvalue weighted by molar-refractivity contribution is 7.84. The van der Waals surface area contributed by atoms with E-state index in [0.717, 1.165) is 38.8 Å². The molecule has 228 valence electrons. The van der Waals surface area contributed by atoms with Crippen LogP contribution in [0.3, 0.4) is 0 Å². The van der Waals surface area contributed by atoms with Gasteiger partial charge in [0.25, 0.3) is 0 Å². The predicted octanol–water partition coefficient (Wildman–Crippen LogP) is 5.99. The van der Waals surface area contributed by atoms with Gasteiger partial charge in [-0.2, -0.15) is 13.2 Å². The van der Waals surface area contributed by atoms with Crippen LogP contribution in [0.4, 0.5) is 24.5 Å². The van der Waals surface area contributed by atoms with E-state index >= 15 is 0 Å². The quantitative estimate of drug-likeness (QED) is 0.427. The van der Waals surface area contributed by atoms with Gasteiger partial charge in [0.15, 0.2) is 0 Å². The number of piperazine rings is 1. The van der Waals surface area contributed by atoms with Gasteiger partial charge in [-0.25, -0.2) is 0 Å². The molecule has 1 atom stereocenters. The average molecular weight is 595 g/mol. The van der Waals surface area contributed by atoms with E-state index in [4.69, 9.17) is 0 Å². The van der Waals surface area contributed by atoms with E-state index < -0.39 is 22.5 Å². The first-order valence-corrected chi connectivity index (χ1v) is 15.5. The van der Waals surface area contributed by atoms with Crippen molar-refractivity contribution in [1.29, 1.82) is 0 Å². The molecule has 2 aliphatic rings. The molecule has 0 spiro atoms. The Morgan fingerprint density at radius 3 is 2.10 bits per heavy atom. The average Bonchev–Trinajstić information content (AvgIpc) is 2.91. The van der Waals surface area contributed by atoms with Gasteiger partial charge in [-0.1, -0.05) is 40.3 Å². The van der Waals surface area contributed by atoms with Crippen LogP contribution < -0.4 is 10.2 Å². The lowest BCUT2D eigenvalue weighted by atomic mass is 9.87. The molecule has 4 rings (SSSR count). The fourth-order valence-electron chi connectivity index (χ4n) is 5.41. The van der Waals surface area contributed by atoms with Crippen molar-refractivity contribution in [3.05, 3.63) is 53.6 Å². The third-order valence-corrected chi connectivity index (χ3v) is 8.90. The molecule has 0 aromatic heterocycles. The Morgan fingerprint density at radius 1 is 0.951 bits per heavy atom. The molecule has 10 heteroatoms. The number of hydrogen-bond acceptors (Lipinski definition) is 5. The number of rotatable bonds is 7. The molecule has 2 fully saturated rings. The lowest BCUT2D eigenvalue weighted by Gasteiger charge is -2.37. The van der Waals surface area contributed by atoms with E-state index in [1.165, 1.54) is 23.6 Å². The topological polar surface area (TPSA) is 55.9 Å². The van der Waals surface area contributed by atoms with Crippen molar-refractivity contribution in [3.8, 4) is 0 Å². The first-order chi connectivity index (χ1) is 18.8. The van der Waals surface area contributed by atoms with E-state index in [-0.39, 0.29) is 29.7 Å². The molecule has 1 unspecified atom stereocenters. The van der Waals surface area contributed by atoms with Crippen molar-refractivity contribution in [3.63, 3.8) is 0 Å². The minimum atomic E-state index is -4.57. The first kappa shape index (κ1) is 32.9. The number of likely N-dealkylation sites (tertiary alicyclic amines) is 1. The predicted molar refractivity (Wildman–Crippen MR) is 162 cm³/mol. The number of halogens is 3. The lowest BCUT2D eigenvalue weighted by molar-refractivity contribution is -0.139. The van der Waals surface area contributed by atoms with Crippen molar-refractivity contribution < 1.29 is 22.2 Å². The fraction of sp³-hybridized carbons (Fsp3) is 0.581. The van der Waals surface area contributed by atoms with Gasteiger partial charge in [0.1, 0.15) is 0 Å². The summed E-state index contributed by atoms with van der Waals surface area (Å²) in [5.74, 6) is 0.132. The zero-order chi connectivity index (χ0) is 29.1. The van der Waals surface area contributed by atoms with Gasteiger partial charge in [-0.05, 0) is 54.2 Å². The molecule has 6 nitrogen and oxygen atoms in total. The Bertz CT molecular complexity index is 1180. The molecular weight excluding hydrogens is 549 g/mol. The van der Waals surface area contributed by atoms with Crippen LogP contribution in [0.15, 0.2) is 47.4 Å². The third kappa shape index (κ3) is 8.70. The highest BCUT2D eigenvalue weighted by Gasteiger charge is 2.35. The summed E-state index contributed by atoms with van der Waals surface area (Å²) < 4.78 is 52.1. The smallest absolute Gasteiger partial charge is 0.382 e. The van der Waals surface area contributed by atoms with Gasteiger partial charge >= 0.3 is 6.18 Å². The second-order valence-corrected chi connectivity index (χ2v) is 13.2. The molecule has 41 heavy (non-hydrogen) atoms. The minimum absolute atomic E-state index is 0. The highest BCUT2D eigenvalue weighted by Crippen LogP contribution is 2.35. The van der Waals surface area contributed by atoms with Gasteiger partial charge in [0.05, 0.1) is 21.3 Å². The van der Waals surface area contributed by atoms with E-state index in [0.29, 0.717) is 38.0 Å². The molecule has 2 aliphatic heterocycles. The number of nitrogens with one attached hydrogen (secondary N) is 1. The molecule has 2 aromatic rings. The van der Waals surface area contributed by atoms with E-state index in [9.17, 15) is 22.2 Å². The Balaban J connectivity index is 0.00000462. The Kier molecular flexibility index (Phi) is 10.9. The Morgan fingerprint density at radius 2 is 1.56 bits per heavy atom. The van der Waals surface area contributed by atoms with Crippen molar-refractivity contribution >= 4 is 28.1 Å². The summed E-state index contributed by atoms with van der Waals surface area (Å²) in [6.07, 6.45) is -1.51. The number of carbonyl (C=O) groups is 1. The second kappa shape index (κ2) is 13.6. The molecule has 1 N–H and O–H groups in total. The van der Waals surface area contributed by atoms with Crippen LogP contribution in [0.2, 0.25) is 0 Å². The van der Waals surface area contributed by atoms with E-state index in [1.54, 1.807) is 6.07 Å². The van der Waals surface area contributed by atoms with Gasteiger partial charge in [0.2, 0.25) is 5.91 Å². The number of benzene rings is 2. The van der Waals surface area contributed by atoms with Crippen LogP contribution in [0.1, 0.15) is 58.6 Å². The van der Waals surface area contributed by atoms with Crippen LogP contribution in [-0.4, -0.2) is 78.0 Å². The number of alkyl halides is 3. The fourth-order valence-corrected chi connectivity index (χ4v) is 6.16. The van der Waals surface area contributed by atoms with Crippen molar-refractivity contribution in [1.82, 2.24) is 9.80 Å². The maximum absolute atomic E-state index is 13.4. The molecule has 2 heterocycles. The number of carbonyl (C=O) groups excluding carboxylic acids is 1. The number of nitrogens with zero attached hydrogens (tertiary/aromatic N) is 3. The van der Waals surface area contributed by atoms with Crippen LogP contribution in [-0.2, 0) is 27.2 Å². The minimum Gasteiger partial charge on any atom is -0.382 e. The van der Waals surface area contributed by atoms with Gasteiger partial charge in [0, 0.05) is 75.9 Å². The van der Waals surface area contributed by atoms with E-state index in [1.807, 2.05) is 4.90 Å². The zero-order valence-electron chi connectivity index (χ0n) is 23.9. The van der Waals surface area contributed by atoms with Crippen molar-refractivity contribution in [2.75, 3.05) is 62.3 Å². The lowest BCUT2D eigenvalue weighted by Crippen LogP contribution is -2.48. The summed E-state index contributed by atoms with van der Waals surface area (Å²) in [7, 11) is -1.73. The molecule has 2 aromatic carbocycles. The van der Waals surface area contributed by atoms with E-state index in [2.05, 4.69) is 60.2 Å². The van der Waals surface area contributed by atoms with Gasteiger partial charge in [-0.3, -0.25) is 13.9 Å². The molecule has 2 saturated heterocycles. The van der Waals surface area contributed by atoms with Gasteiger partial charge < -0.3 is 15.1 Å². The monoisotopic (exact) mass is 594 g/mol. The third-order valence-electron chi connectivity index (χ3n) is 7.93. The molecule has 0 radical (unpaired) electrons. The summed E-state index contributed by atoms with van der Waals surface area (Å²) in [4.78, 5) is 19.3. The van der Waals surface area contributed by atoms with Crippen molar-refractivity contribution in [2.24, 2.45) is 0 Å². The van der Waals surface area contributed by atoms with Crippen LogP contribution in [0, 0.1) is 0 Å². The van der Waals surface area contributed by atoms with Crippen LogP contribution in [0.25, 0.3) is 0 Å². The number of amides is 1. The van der Waals surface area contributed by atoms with Crippen LogP contribution in [0.5, 0.6) is 0 Å². The summed E-state index contributed by atoms with van der Waals surface area (Å²) in [6, 6.07) is 12.7. The number of hydrogen-bond donors (Lipinski definition) is 1. The second-order valence-electron chi connectivity index (χ2n) is 11.8. The SMILES string of the molecule is C.CS(=O)c1ccc(NC2CCN(C(=O)CCN3CCN(c4ccc(C(C)(C)C)cc4)CC3)CC2)cc1C(F)(F)F. The molecular formula is C31H45F3N4O2S. The largest absolute Gasteiger partial charge is 0.417 e. The standard InChI is InChI=1S/C30H41F3N4O2S.CH4/c1-29(2,3)22-5-8-25(9-6-22)36-19-17-35(18-20-36)14-13-28(38)37-15-11-23(12-16-37)34-24-7-10-27(40(4)39)26(21-24)30(31,32)33;/h5-10,21,23,34H,11-20H2,1-4H3;1H4. The Labute approximate surface area is 245 Å². The van der Waals surface area contributed by atoms with Crippen molar-refractivity contribution in [2.45, 2.75) is 70.0 Å². The molecule has 1 amide bonds. The number of anilines is 2. The summed E-state index contributed by atoms with van der Waals surface area (Å²) in [6.45, 7) is 12.3. The molecule has 0 aliphatic carbocycles.